The van der Waals surface area contributed by atoms with Crippen LogP contribution >= 0.6 is 46.1 Å². The second kappa shape index (κ2) is 5.65. The predicted molar refractivity (Wildman–Crippen MR) is 81.6 cm³/mol. The van der Waals surface area contributed by atoms with Gasteiger partial charge >= 0.3 is 11.9 Å². The van der Waals surface area contributed by atoms with Crippen LogP contribution < -0.4 is 0 Å². The summed E-state index contributed by atoms with van der Waals surface area (Å²) in [7, 11) is 0. The van der Waals surface area contributed by atoms with Crippen LogP contribution in [0.1, 0.15) is 16.1 Å². The van der Waals surface area contributed by atoms with E-state index in [2.05, 4.69) is 0 Å². The van der Waals surface area contributed by atoms with Gasteiger partial charge in [0.2, 0.25) is 6.10 Å². The van der Waals surface area contributed by atoms with Crippen LogP contribution in [0.25, 0.3) is 10.1 Å². The normalized spacial score (nSPS) is 18.0. The van der Waals surface area contributed by atoms with E-state index in [0.717, 1.165) is 11.3 Å². The van der Waals surface area contributed by atoms with Crippen molar-refractivity contribution in [3.05, 3.63) is 32.1 Å². The van der Waals surface area contributed by atoms with Crippen molar-refractivity contribution >= 4 is 68.2 Å². The maximum atomic E-state index is 12.2. The van der Waals surface area contributed by atoms with Crippen LogP contribution in [0.3, 0.4) is 0 Å². The highest BCUT2D eigenvalue weighted by molar-refractivity contribution is 7.21. The molecule has 1 fully saturated rings. The number of hydrogen-bond acceptors (Lipinski definition) is 5. The molecule has 0 bridgehead atoms. The van der Waals surface area contributed by atoms with Gasteiger partial charge in [-0.15, -0.1) is 11.3 Å². The first kappa shape index (κ1) is 14.9. The molecule has 3 rings (SSSR count). The van der Waals surface area contributed by atoms with Gasteiger partial charge in [-0.1, -0.05) is 34.8 Å². The van der Waals surface area contributed by atoms with Crippen molar-refractivity contribution in [2.24, 2.45) is 0 Å². The number of ether oxygens (including phenoxy) is 2. The molecule has 0 spiro atoms. The highest BCUT2D eigenvalue weighted by Gasteiger charge is 2.32. The van der Waals surface area contributed by atoms with Crippen LogP contribution in [0, 0.1) is 0 Å². The van der Waals surface area contributed by atoms with E-state index < -0.39 is 18.0 Å². The van der Waals surface area contributed by atoms with Crippen LogP contribution in [0.4, 0.5) is 0 Å². The SMILES string of the molecule is O=C(O[C@H]1CCOC1=O)c1sc2cc(Cl)cc(Cl)c2c1Cl. The molecule has 0 radical (unpaired) electrons. The first-order valence-electron chi connectivity index (χ1n) is 5.92. The molecule has 110 valence electrons. The minimum absolute atomic E-state index is 0.190. The topological polar surface area (TPSA) is 52.6 Å². The molecule has 1 atom stereocenters. The summed E-state index contributed by atoms with van der Waals surface area (Å²) in [5.41, 5.74) is 0. The van der Waals surface area contributed by atoms with E-state index >= 15 is 0 Å². The van der Waals surface area contributed by atoms with Gasteiger partial charge in [-0.05, 0) is 12.1 Å². The molecule has 0 saturated carbocycles. The maximum absolute atomic E-state index is 12.2. The molecule has 8 heteroatoms. The molecule has 1 aliphatic heterocycles. The van der Waals surface area contributed by atoms with Gasteiger partial charge in [-0.3, -0.25) is 0 Å². The fourth-order valence-electron chi connectivity index (χ4n) is 2.01. The number of halogens is 3. The summed E-state index contributed by atoms with van der Waals surface area (Å²) in [5, 5.41) is 1.56. The van der Waals surface area contributed by atoms with Gasteiger partial charge in [0.15, 0.2) is 0 Å². The summed E-state index contributed by atoms with van der Waals surface area (Å²) in [6.07, 6.45) is -0.530. The molecule has 1 aliphatic rings. The third-order valence-corrected chi connectivity index (χ3v) is 5.09. The number of thiophene rings is 1. The highest BCUT2D eigenvalue weighted by Crippen LogP contribution is 2.41. The molecular weight excluding hydrogens is 359 g/mol. The van der Waals surface area contributed by atoms with Crippen molar-refractivity contribution in [3.63, 3.8) is 0 Å². The first-order chi connectivity index (χ1) is 9.97. The Hall–Kier alpha value is -1.01. The molecule has 21 heavy (non-hydrogen) atoms. The Morgan fingerprint density at radius 1 is 1.33 bits per heavy atom. The number of cyclic esters (lactones) is 1. The van der Waals surface area contributed by atoms with Gasteiger partial charge in [-0.25, -0.2) is 9.59 Å². The lowest BCUT2D eigenvalue weighted by Gasteiger charge is -2.06. The number of fused-ring (bicyclic) bond motifs is 1. The Balaban J connectivity index is 1.97. The smallest absolute Gasteiger partial charge is 0.350 e. The number of rotatable bonds is 2. The van der Waals surface area contributed by atoms with Crippen LogP contribution in [-0.2, 0) is 14.3 Å². The van der Waals surface area contributed by atoms with Gasteiger partial charge in [0.05, 0.1) is 16.7 Å². The average Bonchev–Trinajstić information content (AvgIpc) is 2.94. The van der Waals surface area contributed by atoms with Crippen molar-refractivity contribution < 1.29 is 19.1 Å². The second-order valence-electron chi connectivity index (χ2n) is 4.36. The van der Waals surface area contributed by atoms with Crippen molar-refractivity contribution in [2.75, 3.05) is 6.61 Å². The van der Waals surface area contributed by atoms with E-state index in [4.69, 9.17) is 44.3 Å². The summed E-state index contributed by atoms with van der Waals surface area (Å²) in [6.45, 7) is 0.248. The monoisotopic (exact) mass is 364 g/mol. The van der Waals surface area contributed by atoms with E-state index in [0.29, 0.717) is 26.6 Å². The molecule has 0 amide bonds. The zero-order valence-corrected chi connectivity index (χ0v) is 13.4. The maximum Gasteiger partial charge on any atom is 0.350 e. The van der Waals surface area contributed by atoms with Gasteiger partial charge < -0.3 is 9.47 Å². The number of esters is 2. The molecule has 1 saturated heterocycles. The van der Waals surface area contributed by atoms with Crippen LogP contribution in [-0.4, -0.2) is 24.6 Å². The number of carbonyl (C=O) groups excluding carboxylic acids is 2. The van der Waals surface area contributed by atoms with Gasteiger partial charge in [-0.2, -0.15) is 0 Å². The third kappa shape index (κ3) is 2.71. The second-order valence-corrected chi connectivity index (χ2v) is 6.63. The Labute approximate surface area is 138 Å². The average molecular weight is 366 g/mol. The molecule has 0 N–H and O–H groups in total. The van der Waals surface area contributed by atoms with E-state index in [1.54, 1.807) is 12.1 Å². The number of hydrogen-bond donors (Lipinski definition) is 0. The number of carbonyl (C=O) groups is 2. The lowest BCUT2D eigenvalue weighted by Crippen LogP contribution is -2.22. The molecule has 2 heterocycles. The molecule has 0 unspecified atom stereocenters. The largest absolute Gasteiger partial charge is 0.463 e. The van der Waals surface area contributed by atoms with Gasteiger partial charge in [0.25, 0.3) is 0 Å². The summed E-state index contributed by atoms with van der Waals surface area (Å²) in [4.78, 5) is 23.7. The van der Waals surface area contributed by atoms with Crippen molar-refractivity contribution in [3.8, 4) is 0 Å². The first-order valence-corrected chi connectivity index (χ1v) is 7.87. The van der Waals surface area contributed by atoms with E-state index in [1.165, 1.54) is 0 Å². The van der Waals surface area contributed by atoms with Crippen molar-refractivity contribution in [2.45, 2.75) is 12.5 Å². The highest BCUT2D eigenvalue weighted by atomic mass is 35.5. The van der Waals surface area contributed by atoms with E-state index in [9.17, 15) is 9.59 Å². The zero-order chi connectivity index (χ0) is 15.1. The third-order valence-electron chi connectivity index (χ3n) is 2.97. The molecule has 1 aromatic heterocycles. The summed E-state index contributed by atoms with van der Waals surface area (Å²) < 4.78 is 10.5. The predicted octanol–water partition coefficient (Wildman–Crippen LogP) is 4.33. The molecule has 0 aliphatic carbocycles. The molecule has 1 aromatic carbocycles. The lowest BCUT2D eigenvalue weighted by molar-refractivity contribution is -0.145. The minimum Gasteiger partial charge on any atom is -0.463 e. The Bertz CT molecular complexity index is 755. The summed E-state index contributed by atoms with van der Waals surface area (Å²) in [5.74, 6) is -1.21. The van der Waals surface area contributed by atoms with Crippen LogP contribution in [0.2, 0.25) is 15.1 Å². The summed E-state index contributed by atoms with van der Waals surface area (Å²) in [6, 6.07) is 3.22. The van der Waals surface area contributed by atoms with E-state index in [-0.39, 0.29) is 16.5 Å². The summed E-state index contributed by atoms with van der Waals surface area (Å²) >= 11 is 19.3. The van der Waals surface area contributed by atoms with Gasteiger partial charge in [0.1, 0.15) is 4.88 Å². The van der Waals surface area contributed by atoms with Crippen LogP contribution in [0.5, 0.6) is 0 Å². The standard InChI is InChI=1S/C13H7Cl3O4S/c14-5-3-6(15)9-8(4-5)21-11(10(9)16)13(18)20-7-1-2-19-12(7)17/h3-4,7H,1-2H2/t7-/m0/s1. The minimum atomic E-state index is -0.877. The Morgan fingerprint density at radius 3 is 2.76 bits per heavy atom. The molecule has 2 aromatic rings. The van der Waals surface area contributed by atoms with Crippen LogP contribution in [0.15, 0.2) is 12.1 Å². The fourth-order valence-corrected chi connectivity index (χ4v) is 4.26. The fraction of sp³-hybridized carbons (Fsp3) is 0.231. The quantitative estimate of drug-likeness (QED) is 0.743. The number of benzene rings is 1. The Morgan fingerprint density at radius 2 is 2.10 bits per heavy atom. The van der Waals surface area contributed by atoms with Crippen molar-refractivity contribution in [1.29, 1.82) is 0 Å². The van der Waals surface area contributed by atoms with E-state index in [1.807, 2.05) is 0 Å². The van der Waals surface area contributed by atoms with Gasteiger partial charge in [0, 0.05) is 21.5 Å². The molecule has 4 nitrogen and oxygen atoms in total. The lowest BCUT2D eigenvalue weighted by atomic mass is 10.2. The Kier molecular flexibility index (Phi) is 4.01. The molecular formula is C13H7Cl3O4S. The zero-order valence-electron chi connectivity index (χ0n) is 10.3. The van der Waals surface area contributed by atoms with Crippen molar-refractivity contribution in [1.82, 2.24) is 0 Å².